The summed E-state index contributed by atoms with van der Waals surface area (Å²) in [6.45, 7) is 12.8. The topological polar surface area (TPSA) is 183 Å². The molecule has 1 unspecified atom stereocenters. The summed E-state index contributed by atoms with van der Waals surface area (Å²) in [5.41, 5.74) is 4.13. The van der Waals surface area contributed by atoms with E-state index in [2.05, 4.69) is 61.6 Å². The van der Waals surface area contributed by atoms with Gasteiger partial charge in [0.15, 0.2) is 28.8 Å². The lowest BCUT2D eigenvalue weighted by molar-refractivity contribution is -0.129. The van der Waals surface area contributed by atoms with Crippen molar-refractivity contribution >= 4 is 29.7 Å². The number of fused-ring (bicyclic) bond motifs is 5. The van der Waals surface area contributed by atoms with Gasteiger partial charge in [-0.25, -0.2) is 4.68 Å². The van der Waals surface area contributed by atoms with Gasteiger partial charge in [-0.1, -0.05) is 95.0 Å². The third-order valence-corrected chi connectivity index (χ3v) is 16.4. The number of carbonyl (C=O) groups is 3. The van der Waals surface area contributed by atoms with E-state index in [0.29, 0.717) is 33.7 Å². The Hall–Kier alpha value is -5.89. The molecule has 2 amide bonds. The van der Waals surface area contributed by atoms with Crippen molar-refractivity contribution in [2.24, 2.45) is 46.3 Å². The number of aliphatic hydroxyl groups excluding tert-OH is 1. The average Bonchev–Trinajstić information content (AvgIpc) is 3.97. The molecule has 0 spiro atoms. The van der Waals surface area contributed by atoms with Gasteiger partial charge in [0.1, 0.15) is 31.3 Å². The van der Waals surface area contributed by atoms with Crippen LogP contribution in [0.3, 0.4) is 0 Å². The number of amides is 2. The fourth-order valence-corrected chi connectivity index (χ4v) is 12.6. The molecule has 0 bridgehead atoms. The number of ether oxygens (including phenoxy) is 4. The minimum absolute atomic E-state index is 0.00710. The van der Waals surface area contributed by atoms with Crippen LogP contribution in [0.5, 0.6) is 23.0 Å². The normalized spacial score (nSPS) is 25.5. The van der Waals surface area contributed by atoms with E-state index in [1.165, 1.54) is 88.5 Å². The lowest BCUT2D eigenvalue weighted by Crippen LogP contribution is -2.51. The summed E-state index contributed by atoms with van der Waals surface area (Å²) in [6.07, 6.45) is 25.1. The second-order valence-corrected chi connectivity index (χ2v) is 21.3. The van der Waals surface area contributed by atoms with E-state index in [9.17, 15) is 24.6 Å². The minimum atomic E-state index is -0.432. The highest BCUT2D eigenvalue weighted by Crippen LogP contribution is 2.67. The van der Waals surface area contributed by atoms with Crippen molar-refractivity contribution in [3.05, 3.63) is 95.1 Å². The minimum Gasteiger partial charge on any atom is -0.508 e. The molecule has 0 radical (unpaired) electrons. The van der Waals surface area contributed by atoms with Gasteiger partial charge < -0.3 is 39.8 Å². The maximum absolute atomic E-state index is 12.8. The van der Waals surface area contributed by atoms with E-state index in [0.717, 1.165) is 60.8 Å². The maximum Gasteiger partial charge on any atom is 0.246 e. The fourth-order valence-electron chi connectivity index (χ4n) is 12.6. The molecule has 1 aromatic heterocycles. The van der Waals surface area contributed by atoms with Crippen molar-refractivity contribution < 1.29 is 43.5 Å². The zero-order chi connectivity index (χ0) is 50.7. The lowest BCUT2D eigenvalue weighted by atomic mass is 9.47. The predicted molar refractivity (Wildman–Crippen MR) is 274 cm³/mol. The standard InChI is InChI=1S/C57H77N5O9/c1-37(2)9-8-10-38(3)47-19-20-48-46-18-15-41-31-45(23-26-56(41,4)49(46)24-27-57(47,48)5)70-35-55(67)58-28-25-54(66)59-36-62-33-42(60-61-62)34-71-51-22-14-40(30-53(51)69-7)12-17-44(64)32-43(63)16-11-39-13-21-50(65)52(29-39)68-6/h11-17,21-22,29-30,32-33,37-38,45-49,64-65H,8-10,18-20,23-28,31,34-36H2,1-7H3,(H,58,67)(H,59,66)/b16-11+,17-12+,44-32-/t38-,45?,46+,47-,48+,49+,56+,57-/m1/s1. The molecule has 3 saturated carbocycles. The Morgan fingerprint density at radius 1 is 0.887 bits per heavy atom. The molecule has 4 N–H and O–H groups in total. The Kier molecular flexibility index (Phi) is 17.9. The summed E-state index contributed by atoms with van der Waals surface area (Å²) < 4.78 is 24.3. The predicted octanol–water partition coefficient (Wildman–Crippen LogP) is 10.3. The number of methoxy groups -OCH3 is 2. The number of phenols is 1. The quantitative estimate of drug-likeness (QED) is 0.0307. The van der Waals surface area contributed by atoms with Gasteiger partial charge in [0, 0.05) is 19.0 Å². The number of aromatic nitrogens is 3. The summed E-state index contributed by atoms with van der Waals surface area (Å²) in [7, 11) is 2.95. The molecular formula is C57H77N5O9. The van der Waals surface area contributed by atoms with Crippen LogP contribution in [0.1, 0.15) is 128 Å². The van der Waals surface area contributed by atoms with Gasteiger partial charge in [-0.15, -0.1) is 5.10 Å². The van der Waals surface area contributed by atoms with Crippen molar-refractivity contribution in [1.29, 1.82) is 0 Å². The second kappa shape index (κ2) is 24.0. The molecule has 4 aliphatic rings. The number of ketones is 1. The molecule has 14 heteroatoms. The van der Waals surface area contributed by atoms with Crippen molar-refractivity contribution in [3.63, 3.8) is 0 Å². The molecule has 3 aromatic rings. The number of phenolic OH excluding ortho intramolecular Hbond substituents is 1. The summed E-state index contributed by atoms with van der Waals surface area (Å²) in [6, 6.07) is 9.89. The Morgan fingerprint density at radius 3 is 2.42 bits per heavy atom. The number of hydrogen-bond donors (Lipinski definition) is 4. The number of nitrogens with zero attached hydrogens (tertiary/aromatic N) is 3. The molecule has 8 atom stereocenters. The van der Waals surface area contributed by atoms with Gasteiger partial charge >= 0.3 is 0 Å². The van der Waals surface area contributed by atoms with Crippen LogP contribution in [0.4, 0.5) is 0 Å². The number of benzene rings is 2. The van der Waals surface area contributed by atoms with Crippen LogP contribution in [0, 0.1) is 46.3 Å². The van der Waals surface area contributed by atoms with E-state index in [-0.39, 0.29) is 73.4 Å². The van der Waals surface area contributed by atoms with Crippen molar-refractivity contribution in [3.8, 4) is 23.0 Å². The highest BCUT2D eigenvalue weighted by Gasteiger charge is 2.59. The number of hydrogen-bond acceptors (Lipinski definition) is 11. The largest absolute Gasteiger partial charge is 0.508 e. The van der Waals surface area contributed by atoms with Crippen LogP contribution in [0.2, 0.25) is 0 Å². The molecule has 4 aliphatic carbocycles. The van der Waals surface area contributed by atoms with Crippen LogP contribution in [-0.4, -0.2) is 76.3 Å². The second-order valence-electron chi connectivity index (χ2n) is 21.3. The molecular weight excluding hydrogens is 899 g/mol. The number of nitrogens with one attached hydrogen (secondary N) is 2. The van der Waals surface area contributed by atoms with Gasteiger partial charge in [-0.05, 0) is 145 Å². The number of aliphatic hydroxyl groups is 1. The van der Waals surface area contributed by atoms with Crippen molar-refractivity contribution in [1.82, 2.24) is 25.6 Å². The fraction of sp³-hybridized carbons (Fsp3) is 0.561. The molecule has 7 rings (SSSR count). The van der Waals surface area contributed by atoms with E-state index in [1.54, 1.807) is 54.3 Å². The summed E-state index contributed by atoms with van der Waals surface area (Å²) in [5.74, 6) is 4.89. The molecule has 2 aromatic carbocycles. The molecule has 384 valence electrons. The van der Waals surface area contributed by atoms with Gasteiger partial charge in [0.25, 0.3) is 0 Å². The Labute approximate surface area is 420 Å². The van der Waals surface area contributed by atoms with E-state index >= 15 is 0 Å². The Morgan fingerprint density at radius 2 is 1.65 bits per heavy atom. The van der Waals surface area contributed by atoms with E-state index < -0.39 is 5.78 Å². The SMILES string of the molecule is COc1cc(/C=C/C(=O)/C=C(O)/C=C/c2ccc(OCc3cn(CNC(=O)CCNC(=O)COC4CC[C@@]5(C)C(=CC[C@H]6[C@@H]7CC[C@H]([C@H](C)CCCC(C)C)[C@@]7(C)CC[C@@H]65)C4)nn3)c(OC)c2)ccc1O. The molecule has 71 heavy (non-hydrogen) atoms. The smallest absolute Gasteiger partial charge is 0.246 e. The van der Waals surface area contributed by atoms with Gasteiger partial charge in [-0.2, -0.15) is 0 Å². The first kappa shape index (κ1) is 52.9. The number of carbonyl (C=O) groups excluding carboxylic acids is 3. The third-order valence-electron chi connectivity index (χ3n) is 16.4. The van der Waals surface area contributed by atoms with Crippen LogP contribution in [0.25, 0.3) is 12.2 Å². The zero-order valence-corrected chi connectivity index (χ0v) is 43.0. The van der Waals surface area contributed by atoms with Crippen molar-refractivity contribution in [2.45, 2.75) is 131 Å². The first-order valence-electron chi connectivity index (χ1n) is 25.8. The van der Waals surface area contributed by atoms with Gasteiger partial charge in [-0.3, -0.25) is 14.4 Å². The molecule has 0 aliphatic heterocycles. The lowest BCUT2D eigenvalue weighted by Gasteiger charge is -2.58. The maximum atomic E-state index is 12.8. The first-order chi connectivity index (χ1) is 34.1. The van der Waals surface area contributed by atoms with E-state index in [4.69, 9.17) is 18.9 Å². The zero-order valence-electron chi connectivity index (χ0n) is 43.0. The molecule has 0 saturated heterocycles. The van der Waals surface area contributed by atoms with Crippen LogP contribution >= 0.6 is 0 Å². The third kappa shape index (κ3) is 13.3. The number of aromatic hydroxyl groups is 1. The Balaban J connectivity index is 0.781. The highest BCUT2D eigenvalue weighted by molar-refractivity contribution is 6.02. The van der Waals surface area contributed by atoms with Gasteiger partial charge in [0.05, 0.1) is 26.5 Å². The first-order valence-corrected chi connectivity index (χ1v) is 25.8. The van der Waals surface area contributed by atoms with Crippen molar-refractivity contribution in [2.75, 3.05) is 27.4 Å². The highest BCUT2D eigenvalue weighted by atomic mass is 16.5. The average molecular weight is 976 g/mol. The van der Waals surface area contributed by atoms with Crippen LogP contribution in [0.15, 0.2) is 78.2 Å². The van der Waals surface area contributed by atoms with Gasteiger partial charge in [0.2, 0.25) is 11.8 Å². The number of rotatable bonds is 23. The van der Waals surface area contributed by atoms with Crippen LogP contribution in [-0.2, 0) is 32.4 Å². The summed E-state index contributed by atoms with van der Waals surface area (Å²) in [5, 5.41) is 34.0. The Bertz CT molecular complexity index is 2460. The van der Waals surface area contributed by atoms with E-state index in [1.807, 2.05) is 0 Å². The van der Waals surface area contributed by atoms with Crippen LogP contribution < -0.4 is 24.8 Å². The monoisotopic (exact) mass is 976 g/mol. The summed E-state index contributed by atoms with van der Waals surface area (Å²) >= 11 is 0. The molecule has 1 heterocycles. The summed E-state index contributed by atoms with van der Waals surface area (Å²) in [4.78, 5) is 37.8. The number of allylic oxidation sites excluding steroid dienone is 4. The molecule has 3 fully saturated rings. The molecule has 14 nitrogen and oxygen atoms in total.